The number of hydrogen-bond acceptors (Lipinski definition) is 7. The number of pyridine rings is 1. The molecule has 2 aromatic carbocycles. The maximum atomic E-state index is 12.6. The highest BCUT2D eigenvalue weighted by molar-refractivity contribution is 6.01. The lowest BCUT2D eigenvalue weighted by molar-refractivity contribution is -0.124. The molecule has 0 saturated heterocycles. The quantitative estimate of drug-likeness (QED) is 0.346. The van der Waals surface area contributed by atoms with Gasteiger partial charge in [-0.25, -0.2) is 0 Å². The van der Waals surface area contributed by atoms with Crippen LogP contribution in [0.4, 0.5) is 5.69 Å². The van der Waals surface area contributed by atoms with Gasteiger partial charge in [-0.2, -0.15) is 9.61 Å². The fourth-order valence-corrected chi connectivity index (χ4v) is 4.80. The summed E-state index contributed by atoms with van der Waals surface area (Å²) in [4.78, 5) is 30.6. The van der Waals surface area contributed by atoms with Gasteiger partial charge in [-0.1, -0.05) is 18.2 Å². The van der Waals surface area contributed by atoms with Gasteiger partial charge in [0.15, 0.2) is 11.5 Å². The Morgan fingerprint density at radius 3 is 2.84 bits per heavy atom. The third-order valence-electron chi connectivity index (χ3n) is 6.67. The lowest BCUT2D eigenvalue weighted by Gasteiger charge is -2.29. The first-order valence-electron chi connectivity index (χ1n) is 12.5. The molecule has 0 unspecified atom stereocenters. The van der Waals surface area contributed by atoms with Crippen molar-refractivity contribution in [1.82, 2.24) is 30.1 Å². The number of aryl methyl sites for hydroxylation is 1. The Hall–Kier alpha value is -4.70. The lowest BCUT2D eigenvalue weighted by atomic mass is 9.97. The van der Waals surface area contributed by atoms with Gasteiger partial charge < -0.3 is 15.3 Å². The smallest absolute Gasteiger partial charge is 0.240 e. The summed E-state index contributed by atoms with van der Waals surface area (Å²) in [5, 5.41) is 26.1. The van der Waals surface area contributed by atoms with E-state index in [1.54, 1.807) is 10.7 Å². The number of rotatable bonds is 7. The number of aliphatic hydroxyl groups is 1. The maximum absolute atomic E-state index is 12.6. The largest absolute Gasteiger partial charge is 0.395 e. The molecule has 1 aliphatic heterocycles. The lowest BCUT2D eigenvalue weighted by Crippen LogP contribution is -2.43. The molecule has 0 spiro atoms. The number of benzene rings is 2. The van der Waals surface area contributed by atoms with E-state index in [1.807, 2.05) is 54.6 Å². The molecule has 0 fully saturated rings. The number of nitrogens with one attached hydrogen (secondary N) is 1. The molecule has 3 aromatic heterocycles. The topological polar surface area (TPSA) is 126 Å². The van der Waals surface area contributed by atoms with Crippen molar-refractivity contribution < 1.29 is 14.7 Å². The van der Waals surface area contributed by atoms with Crippen molar-refractivity contribution in [3.63, 3.8) is 0 Å². The molecule has 10 heteroatoms. The number of aliphatic hydroxyl groups excluding tert-OH is 1. The molecule has 38 heavy (non-hydrogen) atoms. The highest BCUT2D eigenvalue weighted by atomic mass is 16.3. The zero-order valence-corrected chi connectivity index (χ0v) is 20.5. The molecule has 0 bridgehead atoms. The van der Waals surface area contributed by atoms with Crippen LogP contribution in [0.15, 0.2) is 66.9 Å². The second-order valence-electron chi connectivity index (χ2n) is 9.21. The molecule has 0 radical (unpaired) electrons. The molecule has 1 aliphatic rings. The van der Waals surface area contributed by atoms with Crippen molar-refractivity contribution in [2.75, 3.05) is 24.6 Å². The molecule has 4 heterocycles. The Morgan fingerprint density at radius 1 is 1.03 bits per heavy atom. The fraction of sp³-hybridized carbons (Fsp3) is 0.214. The summed E-state index contributed by atoms with van der Waals surface area (Å²) in [5.74, 6) is 0.329. The molecule has 0 aliphatic carbocycles. The second kappa shape index (κ2) is 9.98. The van der Waals surface area contributed by atoms with E-state index in [-0.39, 0.29) is 31.5 Å². The fourth-order valence-electron chi connectivity index (χ4n) is 4.80. The summed E-state index contributed by atoms with van der Waals surface area (Å²) in [6, 6.07) is 19.7. The van der Waals surface area contributed by atoms with Crippen molar-refractivity contribution in [2.24, 2.45) is 0 Å². The van der Waals surface area contributed by atoms with Crippen molar-refractivity contribution in [3.05, 3.63) is 83.8 Å². The van der Waals surface area contributed by atoms with E-state index in [1.165, 1.54) is 4.90 Å². The van der Waals surface area contributed by atoms with Gasteiger partial charge >= 0.3 is 0 Å². The standard InChI is InChI=1S/C28H25N7O3/c36-13-12-30-27(37)17-34-24-8-4-20(16-21(24)5-10-28(34)38)23-7-9-25-31-32-26(35(25)33-23)15-18-3-6-22-19(14-18)2-1-11-29-22/h1-4,6-9,11,14,16,36H,5,10,12-13,15,17H2,(H,30,37). The minimum Gasteiger partial charge on any atom is -0.395 e. The van der Waals surface area contributed by atoms with E-state index in [0.717, 1.165) is 44.8 Å². The van der Waals surface area contributed by atoms with Crippen molar-refractivity contribution >= 4 is 34.1 Å². The number of anilines is 1. The Labute approximate surface area is 218 Å². The minimum absolute atomic E-state index is 0.0791. The zero-order valence-electron chi connectivity index (χ0n) is 20.5. The number of hydrogen-bond donors (Lipinski definition) is 2. The van der Waals surface area contributed by atoms with E-state index in [9.17, 15) is 9.59 Å². The maximum Gasteiger partial charge on any atom is 0.240 e. The van der Waals surface area contributed by atoms with Crippen LogP contribution in [-0.2, 0) is 22.4 Å². The Balaban J connectivity index is 1.28. The van der Waals surface area contributed by atoms with Crippen LogP contribution in [0, 0.1) is 0 Å². The van der Waals surface area contributed by atoms with Crippen molar-refractivity contribution in [3.8, 4) is 11.3 Å². The van der Waals surface area contributed by atoms with Crippen LogP contribution in [0.5, 0.6) is 0 Å². The van der Waals surface area contributed by atoms with Crippen LogP contribution in [0.3, 0.4) is 0 Å². The van der Waals surface area contributed by atoms with Crippen LogP contribution in [-0.4, -0.2) is 61.4 Å². The average molecular weight is 508 g/mol. The van der Waals surface area contributed by atoms with Gasteiger partial charge in [0.25, 0.3) is 0 Å². The molecule has 0 saturated carbocycles. The molecule has 2 amide bonds. The van der Waals surface area contributed by atoms with Gasteiger partial charge in [-0.15, -0.1) is 10.2 Å². The van der Waals surface area contributed by atoms with Crippen molar-refractivity contribution in [2.45, 2.75) is 19.3 Å². The molecular weight excluding hydrogens is 482 g/mol. The number of carbonyl (C=O) groups is 2. The summed E-state index contributed by atoms with van der Waals surface area (Å²) < 4.78 is 1.77. The molecule has 190 valence electrons. The zero-order chi connectivity index (χ0) is 26.1. The minimum atomic E-state index is -0.306. The van der Waals surface area contributed by atoms with E-state index >= 15 is 0 Å². The predicted molar refractivity (Wildman–Crippen MR) is 142 cm³/mol. The Bertz CT molecular complexity index is 1680. The number of amides is 2. The summed E-state index contributed by atoms with van der Waals surface area (Å²) in [6.45, 7) is -0.0703. The number of aromatic nitrogens is 5. The third kappa shape index (κ3) is 4.57. The van der Waals surface area contributed by atoms with Crippen LogP contribution < -0.4 is 10.2 Å². The van der Waals surface area contributed by atoms with Crippen LogP contribution in [0.25, 0.3) is 27.8 Å². The molecule has 5 aromatic rings. The van der Waals surface area contributed by atoms with Gasteiger partial charge in [-0.3, -0.25) is 14.6 Å². The summed E-state index contributed by atoms with van der Waals surface area (Å²) in [5.41, 5.74) is 6.06. The number of fused-ring (bicyclic) bond motifs is 3. The van der Waals surface area contributed by atoms with Gasteiger partial charge in [0.2, 0.25) is 11.8 Å². The number of nitrogens with zero attached hydrogens (tertiary/aromatic N) is 6. The Kier molecular flexibility index (Phi) is 6.22. The average Bonchev–Trinajstić information content (AvgIpc) is 3.35. The van der Waals surface area contributed by atoms with Gasteiger partial charge in [0, 0.05) is 42.2 Å². The van der Waals surface area contributed by atoms with Gasteiger partial charge in [0.05, 0.1) is 17.8 Å². The summed E-state index contributed by atoms with van der Waals surface area (Å²) in [7, 11) is 0. The van der Waals surface area contributed by atoms with E-state index < -0.39 is 0 Å². The molecule has 2 N–H and O–H groups in total. The predicted octanol–water partition coefficient (Wildman–Crippen LogP) is 2.32. The van der Waals surface area contributed by atoms with Gasteiger partial charge in [0.1, 0.15) is 6.54 Å². The molecule has 6 rings (SSSR count). The monoisotopic (exact) mass is 507 g/mol. The van der Waals surface area contributed by atoms with Crippen LogP contribution in [0.1, 0.15) is 23.4 Å². The first-order valence-corrected chi connectivity index (χ1v) is 12.5. The third-order valence-corrected chi connectivity index (χ3v) is 6.67. The summed E-state index contributed by atoms with van der Waals surface area (Å²) >= 11 is 0. The van der Waals surface area contributed by atoms with Crippen LogP contribution >= 0.6 is 0 Å². The molecule has 0 atom stereocenters. The molecule has 10 nitrogen and oxygen atoms in total. The molecular formula is C28H25N7O3. The normalized spacial score (nSPS) is 13.2. The van der Waals surface area contributed by atoms with E-state index in [0.29, 0.717) is 24.9 Å². The SMILES string of the molecule is O=C(CN1C(=O)CCc2cc(-c3ccc4nnc(Cc5ccc6ncccc6c5)n4n3)ccc21)NCCO. The Morgan fingerprint density at radius 2 is 1.95 bits per heavy atom. The van der Waals surface area contributed by atoms with Crippen LogP contribution in [0.2, 0.25) is 0 Å². The number of carbonyl (C=O) groups excluding carboxylic acids is 2. The second-order valence-corrected chi connectivity index (χ2v) is 9.21. The van der Waals surface area contributed by atoms with E-state index in [4.69, 9.17) is 10.2 Å². The highest BCUT2D eigenvalue weighted by Crippen LogP contribution is 2.31. The van der Waals surface area contributed by atoms with Gasteiger partial charge in [-0.05, 0) is 60.0 Å². The van der Waals surface area contributed by atoms with Crippen molar-refractivity contribution in [1.29, 1.82) is 0 Å². The first-order chi connectivity index (χ1) is 18.6. The van der Waals surface area contributed by atoms with E-state index in [2.05, 4.69) is 26.6 Å². The highest BCUT2D eigenvalue weighted by Gasteiger charge is 2.26. The first kappa shape index (κ1) is 23.7. The summed E-state index contributed by atoms with van der Waals surface area (Å²) in [6.07, 6.45) is 3.27.